The fourth-order valence-corrected chi connectivity index (χ4v) is 4.44. The lowest BCUT2D eigenvalue weighted by atomic mass is 10.1. The van der Waals surface area contributed by atoms with Gasteiger partial charge in [0.25, 0.3) is 0 Å². The van der Waals surface area contributed by atoms with Gasteiger partial charge in [-0.2, -0.15) is 0 Å². The fourth-order valence-electron chi connectivity index (χ4n) is 4.44. The third-order valence-electron chi connectivity index (χ3n) is 6.18. The van der Waals surface area contributed by atoms with E-state index in [1.165, 1.54) is 17.7 Å². The number of nitrogens with one attached hydrogen (secondary N) is 1. The predicted molar refractivity (Wildman–Crippen MR) is 114 cm³/mol. The van der Waals surface area contributed by atoms with Gasteiger partial charge in [0.1, 0.15) is 11.6 Å². The number of rotatable bonds is 5. The van der Waals surface area contributed by atoms with Crippen molar-refractivity contribution in [2.45, 2.75) is 31.3 Å². The molecular formula is C23H23F3N4O. The molecule has 3 aromatic rings. The summed E-state index contributed by atoms with van der Waals surface area (Å²) in [6.07, 6.45) is -2.43. The normalized spacial score (nSPS) is 18.0. The Morgan fingerprint density at radius 3 is 2.52 bits per heavy atom. The van der Waals surface area contributed by atoms with E-state index in [4.69, 9.17) is 0 Å². The highest BCUT2D eigenvalue weighted by molar-refractivity contribution is 5.84. The van der Waals surface area contributed by atoms with Crippen LogP contribution in [0.15, 0.2) is 54.6 Å². The maximum atomic E-state index is 12.4. The van der Waals surface area contributed by atoms with Crippen LogP contribution in [0.3, 0.4) is 0 Å². The molecule has 1 aliphatic heterocycles. The first-order valence-corrected chi connectivity index (χ1v) is 10.3. The summed E-state index contributed by atoms with van der Waals surface area (Å²) in [7, 11) is 1.87. The minimum Gasteiger partial charge on any atom is -0.406 e. The standard InChI is InChI=1S/C23H23F3N4O/c1-27-21-12-16(19-4-2-3-5-20(19)28-21)13-30-15-29(14-22(30)10-11-22)17-6-8-18(9-7-17)31-23(24,25)26/h2-9,12H,10-11,13-15H2,1H3,(H,27,28). The molecule has 1 aromatic heterocycles. The molecular weight excluding hydrogens is 405 g/mol. The molecule has 0 radical (unpaired) electrons. The van der Waals surface area contributed by atoms with Crippen LogP contribution in [0.5, 0.6) is 5.75 Å². The molecule has 1 spiro atoms. The zero-order chi connectivity index (χ0) is 21.6. The molecule has 0 unspecified atom stereocenters. The number of halogens is 3. The Labute approximate surface area is 178 Å². The van der Waals surface area contributed by atoms with E-state index in [2.05, 4.69) is 37.0 Å². The van der Waals surface area contributed by atoms with Crippen LogP contribution in [0, 0.1) is 0 Å². The van der Waals surface area contributed by atoms with Crippen molar-refractivity contribution in [1.82, 2.24) is 9.88 Å². The van der Waals surface area contributed by atoms with Crippen molar-refractivity contribution in [2.75, 3.05) is 30.5 Å². The van der Waals surface area contributed by atoms with Gasteiger partial charge in [-0.05, 0) is 54.8 Å². The van der Waals surface area contributed by atoms with Crippen molar-refractivity contribution >= 4 is 22.4 Å². The molecule has 5 nitrogen and oxygen atoms in total. The molecule has 162 valence electrons. The summed E-state index contributed by atoms with van der Waals surface area (Å²) >= 11 is 0. The minimum atomic E-state index is -4.68. The molecule has 1 saturated heterocycles. The average molecular weight is 428 g/mol. The molecule has 31 heavy (non-hydrogen) atoms. The summed E-state index contributed by atoms with van der Waals surface area (Å²) in [5, 5.41) is 4.29. The SMILES string of the molecule is CNc1cc(CN2CN(c3ccc(OC(F)(F)F)cc3)CC23CC3)c2ccccc2n1. The maximum Gasteiger partial charge on any atom is 0.573 e. The molecule has 2 heterocycles. The zero-order valence-electron chi connectivity index (χ0n) is 17.1. The Balaban J connectivity index is 1.37. The highest BCUT2D eigenvalue weighted by Gasteiger charge is 2.53. The Kier molecular flexibility index (Phi) is 4.69. The lowest BCUT2D eigenvalue weighted by molar-refractivity contribution is -0.274. The van der Waals surface area contributed by atoms with E-state index in [-0.39, 0.29) is 11.3 Å². The first-order valence-electron chi connectivity index (χ1n) is 10.3. The first-order chi connectivity index (χ1) is 14.9. The van der Waals surface area contributed by atoms with Gasteiger partial charge in [0.15, 0.2) is 0 Å². The van der Waals surface area contributed by atoms with E-state index in [0.717, 1.165) is 55.0 Å². The third-order valence-corrected chi connectivity index (χ3v) is 6.18. The number of hydrogen-bond donors (Lipinski definition) is 1. The van der Waals surface area contributed by atoms with Crippen LogP contribution in [-0.4, -0.2) is 42.0 Å². The predicted octanol–water partition coefficient (Wildman–Crippen LogP) is 4.99. The Hall–Kier alpha value is -3.00. The second-order valence-corrected chi connectivity index (χ2v) is 8.24. The van der Waals surface area contributed by atoms with Crippen molar-refractivity contribution in [3.8, 4) is 5.75 Å². The van der Waals surface area contributed by atoms with Gasteiger partial charge >= 0.3 is 6.36 Å². The molecule has 5 rings (SSSR count). The van der Waals surface area contributed by atoms with Gasteiger partial charge in [-0.25, -0.2) is 4.98 Å². The third kappa shape index (κ3) is 3.99. The van der Waals surface area contributed by atoms with Crippen molar-refractivity contribution < 1.29 is 17.9 Å². The van der Waals surface area contributed by atoms with Crippen LogP contribution < -0.4 is 15.0 Å². The van der Waals surface area contributed by atoms with Crippen molar-refractivity contribution in [3.05, 3.63) is 60.2 Å². The summed E-state index contributed by atoms with van der Waals surface area (Å²) in [6.45, 7) is 2.39. The van der Waals surface area contributed by atoms with Crippen LogP contribution in [0.2, 0.25) is 0 Å². The lowest BCUT2D eigenvalue weighted by Crippen LogP contribution is -2.32. The first kappa shape index (κ1) is 19.9. The summed E-state index contributed by atoms with van der Waals surface area (Å²) in [5.41, 5.74) is 3.21. The fraction of sp³-hybridized carbons (Fsp3) is 0.348. The molecule has 1 aliphatic carbocycles. The Morgan fingerprint density at radius 2 is 1.84 bits per heavy atom. The van der Waals surface area contributed by atoms with Gasteiger partial charge in [-0.15, -0.1) is 13.2 Å². The number of benzene rings is 2. The summed E-state index contributed by atoms with van der Waals surface area (Å²) < 4.78 is 41.3. The molecule has 0 atom stereocenters. The number of ether oxygens (including phenoxy) is 1. The quantitative estimate of drug-likeness (QED) is 0.620. The van der Waals surface area contributed by atoms with Crippen LogP contribution in [0.1, 0.15) is 18.4 Å². The minimum absolute atomic E-state index is 0.130. The lowest BCUT2D eigenvalue weighted by Gasteiger charge is -2.23. The Bertz CT molecular complexity index is 1100. The van der Waals surface area contributed by atoms with Crippen LogP contribution in [0.4, 0.5) is 24.7 Å². The van der Waals surface area contributed by atoms with Gasteiger partial charge in [0.05, 0.1) is 12.2 Å². The number of nitrogens with zero attached hydrogens (tertiary/aromatic N) is 3. The van der Waals surface area contributed by atoms with E-state index < -0.39 is 6.36 Å². The van der Waals surface area contributed by atoms with Gasteiger partial charge in [-0.1, -0.05) is 18.2 Å². The number of alkyl halides is 3. The van der Waals surface area contributed by atoms with E-state index >= 15 is 0 Å². The largest absolute Gasteiger partial charge is 0.573 e. The Morgan fingerprint density at radius 1 is 1.10 bits per heavy atom. The number of anilines is 2. The van der Waals surface area contributed by atoms with Gasteiger partial charge in [0.2, 0.25) is 0 Å². The summed E-state index contributed by atoms with van der Waals surface area (Å²) in [4.78, 5) is 9.35. The van der Waals surface area contributed by atoms with Crippen LogP contribution in [-0.2, 0) is 6.54 Å². The van der Waals surface area contributed by atoms with E-state index in [1.807, 2.05) is 25.2 Å². The average Bonchev–Trinajstić information content (AvgIpc) is 3.43. The highest BCUT2D eigenvalue weighted by Crippen LogP contribution is 2.48. The van der Waals surface area contributed by atoms with Gasteiger partial charge in [0, 0.05) is 36.7 Å². The number of para-hydroxylation sites is 1. The summed E-state index contributed by atoms with van der Waals surface area (Å²) in [6, 6.07) is 16.4. The molecule has 2 fully saturated rings. The number of aromatic nitrogens is 1. The van der Waals surface area contributed by atoms with Crippen molar-refractivity contribution in [3.63, 3.8) is 0 Å². The monoisotopic (exact) mass is 428 g/mol. The second-order valence-electron chi connectivity index (χ2n) is 8.24. The molecule has 1 saturated carbocycles. The smallest absolute Gasteiger partial charge is 0.406 e. The number of fused-ring (bicyclic) bond motifs is 1. The molecule has 0 bridgehead atoms. The molecule has 2 aromatic carbocycles. The van der Waals surface area contributed by atoms with Gasteiger partial charge in [-0.3, -0.25) is 4.90 Å². The van der Waals surface area contributed by atoms with Crippen molar-refractivity contribution in [1.29, 1.82) is 0 Å². The second kappa shape index (κ2) is 7.30. The molecule has 0 amide bonds. The van der Waals surface area contributed by atoms with Crippen molar-refractivity contribution in [2.24, 2.45) is 0 Å². The van der Waals surface area contributed by atoms with Crippen LogP contribution in [0.25, 0.3) is 10.9 Å². The topological polar surface area (TPSA) is 40.6 Å². The van der Waals surface area contributed by atoms with Crippen LogP contribution >= 0.6 is 0 Å². The zero-order valence-corrected chi connectivity index (χ0v) is 17.1. The highest BCUT2D eigenvalue weighted by atomic mass is 19.4. The number of hydrogen-bond acceptors (Lipinski definition) is 5. The van der Waals surface area contributed by atoms with Gasteiger partial charge < -0.3 is 15.0 Å². The maximum absolute atomic E-state index is 12.4. The molecule has 1 N–H and O–H groups in total. The number of pyridine rings is 1. The van der Waals surface area contributed by atoms with E-state index in [9.17, 15) is 13.2 Å². The molecule has 8 heteroatoms. The van der Waals surface area contributed by atoms with E-state index in [1.54, 1.807) is 12.1 Å². The summed E-state index contributed by atoms with van der Waals surface area (Å²) in [5.74, 6) is 0.645. The van der Waals surface area contributed by atoms with E-state index in [0.29, 0.717) is 0 Å². The molecule has 2 aliphatic rings.